The summed E-state index contributed by atoms with van der Waals surface area (Å²) in [7, 11) is 0. The number of rotatable bonds is 3. The average molecular weight is 259 g/mol. The van der Waals surface area contributed by atoms with Gasteiger partial charge in [-0.1, -0.05) is 12.1 Å². The summed E-state index contributed by atoms with van der Waals surface area (Å²) in [5, 5.41) is 19.0. The van der Waals surface area contributed by atoms with E-state index in [1.165, 1.54) is 5.56 Å². The fraction of sp³-hybridized carbons (Fsp3) is 0.357. The van der Waals surface area contributed by atoms with E-state index >= 15 is 0 Å². The van der Waals surface area contributed by atoms with E-state index in [0.717, 1.165) is 12.2 Å². The average Bonchev–Trinajstić information content (AvgIpc) is 3.02. The van der Waals surface area contributed by atoms with Crippen LogP contribution in [-0.2, 0) is 6.54 Å². The third-order valence-corrected chi connectivity index (χ3v) is 3.48. The molecule has 100 valence electrons. The highest BCUT2D eigenvalue weighted by atomic mass is 16.3. The molecule has 2 atom stereocenters. The van der Waals surface area contributed by atoms with Crippen LogP contribution in [0.3, 0.4) is 0 Å². The first-order valence-corrected chi connectivity index (χ1v) is 6.38. The van der Waals surface area contributed by atoms with Gasteiger partial charge in [0, 0.05) is 37.7 Å². The third kappa shape index (κ3) is 2.68. The number of imidazole rings is 1. The number of likely N-dealkylation sites (tertiary alicyclic amines) is 1. The number of hydrogen-bond donors (Lipinski definition) is 2. The van der Waals surface area contributed by atoms with Crippen LogP contribution < -0.4 is 0 Å². The zero-order valence-electron chi connectivity index (χ0n) is 10.6. The van der Waals surface area contributed by atoms with Gasteiger partial charge in [-0.3, -0.25) is 4.90 Å². The Balaban J connectivity index is 1.67. The highest BCUT2D eigenvalue weighted by Gasteiger charge is 2.29. The molecule has 1 aromatic carbocycles. The Bertz CT molecular complexity index is 514. The van der Waals surface area contributed by atoms with Gasteiger partial charge in [0.2, 0.25) is 0 Å². The minimum atomic E-state index is -0.620. The predicted octanol–water partition coefficient (Wildman–Crippen LogP) is 0.410. The molecule has 3 rings (SSSR count). The van der Waals surface area contributed by atoms with E-state index in [1.807, 2.05) is 22.9 Å². The fourth-order valence-electron chi connectivity index (χ4n) is 2.42. The number of hydrogen-bond acceptors (Lipinski definition) is 4. The summed E-state index contributed by atoms with van der Waals surface area (Å²) in [5.74, 6) is 0. The van der Waals surface area contributed by atoms with Crippen molar-refractivity contribution in [2.24, 2.45) is 0 Å². The molecule has 0 spiro atoms. The summed E-state index contributed by atoms with van der Waals surface area (Å²) in [6.45, 7) is 1.81. The summed E-state index contributed by atoms with van der Waals surface area (Å²) in [5.41, 5.74) is 2.24. The molecule has 0 saturated carbocycles. The minimum Gasteiger partial charge on any atom is -0.389 e. The van der Waals surface area contributed by atoms with Crippen molar-refractivity contribution in [1.29, 1.82) is 0 Å². The lowest BCUT2D eigenvalue weighted by molar-refractivity contribution is 0.0572. The molecule has 5 nitrogen and oxygen atoms in total. The Kier molecular flexibility index (Phi) is 3.33. The second kappa shape index (κ2) is 5.13. The van der Waals surface area contributed by atoms with E-state index in [0.29, 0.717) is 13.1 Å². The van der Waals surface area contributed by atoms with Gasteiger partial charge >= 0.3 is 0 Å². The molecule has 0 radical (unpaired) electrons. The zero-order valence-corrected chi connectivity index (χ0v) is 10.6. The summed E-state index contributed by atoms with van der Waals surface area (Å²) in [6.07, 6.45) is 4.18. The molecule has 1 aromatic heterocycles. The van der Waals surface area contributed by atoms with Crippen molar-refractivity contribution in [3.05, 3.63) is 48.5 Å². The molecule has 1 aliphatic heterocycles. The monoisotopic (exact) mass is 259 g/mol. The Morgan fingerprint density at radius 2 is 1.79 bits per heavy atom. The highest BCUT2D eigenvalue weighted by molar-refractivity contribution is 5.34. The zero-order chi connectivity index (χ0) is 13.2. The second-order valence-corrected chi connectivity index (χ2v) is 4.97. The van der Waals surface area contributed by atoms with Crippen molar-refractivity contribution in [3.8, 4) is 5.69 Å². The molecule has 0 aliphatic carbocycles. The summed E-state index contributed by atoms with van der Waals surface area (Å²) in [4.78, 5) is 6.08. The molecule has 1 aliphatic rings. The summed E-state index contributed by atoms with van der Waals surface area (Å²) < 4.78 is 1.95. The van der Waals surface area contributed by atoms with E-state index in [2.05, 4.69) is 22.0 Å². The van der Waals surface area contributed by atoms with Gasteiger partial charge in [-0.05, 0) is 17.7 Å². The van der Waals surface area contributed by atoms with Gasteiger partial charge in [0.15, 0.2) is 0 Å². The van der Waals surface area contributed by atoms with Gasteiger partial charge in [-0.15, -0.1) is 0 Å². The van der Waals surface area contributed by atoms with Crippen LogP contribution in [0.2, 0.25) is 0 Å². The molecular weight excluding hydrogens is 242 g/mol. The van der Waals surface area contributed by atoms with Crippen molar-refractivity contribution in [1.82, 2.24) is 14.5 Å². The van der Waals surface area contributed by atoms with Crippen LogP contribution in [0.1, 0.15) is 5.56 Å². The molecule has 1 fully saturated rings. The predicted molar refractivity (Wildman–Crippen MR) is 70.9 cm³/mol. The number of benzene rings is 1. The second-order valence-electron chi connectivity index (χ2n) is 4.97. The molecule has 0 amide bonds. The minimum absolute atomic E-state index is 0.532. The Morgan fingerprint density at radius 3 is 2.37 bits per heavy atom. The van der Waals surface area contributed by atoms with Crippen molar-refractivity contribution in [2.45, 2.75) is 18.8 Å². The molecule has 19 heavy (non-hydrogen) atoms. The van der Waals surface area contributed by atoms with Crippen molar-refractivity contribution in [3.63, 3.8) is 0 Å². The standard InChI is InChI=1S/C14H17N3O2/c18-13-8-16(9-14(13)19)7-11-1-3-12(4-2-11)17-6-5-15-10-17/h1-6,10,13-14,18-19H,7-9H2. The lowest BCUT2D eigenvalue weighted by Crippen LogP contribution is -2.22. The van der Waals surface area contributed by atoms with Crippen LogP contribution in [0.15, 0.2) is 43.0 Å². The van der Waals surface area contributed by atoms with Gasteiger partial charge in [-0.2, -0.15) is 0 Å². The number of β-amino-alcohol motifs (C(OH)–C–C–N with tert-alkyl or cyclic N) is 2. The molecule has 5 heteroatoms. The first-order chi connectivity index (χ1) is 9.22. The van der Waals surface area contributed by atoms with Crippen LogP contribution in [0, 0.1) is 0 Å². The molecule has 1 saturated heterocycles. The first-order valence-electron chi connectivity index (χ1n) is 6.38. The number of aromatic nitrogens is 2. The Labute approximate surface area is 111 Å². The maximum atomic E-state index is 9.51. The molecule has 2 aromatic rings. The van der Waals surface area contributed by atoms with E-state index in [-0.39, 0.29) is 0 Å². The Hall–Kier alpha value is -1.69. The lowest BCUT2D eigenvalue weighted by Gasteiger charge is -2.15. The van der Waals surface area contributed by atoms with E-state index in [1.54, 1.807) is 12.5 Å². The van der Waals surface area contributed by atoms with E-state index in [4.69, 9.17) is 0 Å². The van der Waals surface area contributed by atoms with Gasteiger partial charge in [0.1, 0.15) is 0 Å². The lowest BCUT2D eigenvalue weighted by atomic mass is 10.2. The quantitative estimate of drug-likeness (QED) is 0.838. The number of nitrogens with zero attached hydrogens (tertiary/aromatic N) is 3. The normalized spacial score (nSPS) is 23.9. The van der Waals surface area contributed by atoms with Gasteiger partial charge in [0.05, 0.1) is 18.5 Å². The molecule has 2 heterocycles. The third-order valence-electron chi connectivity index (χ3n) is 3.48. The van der Waals surface area contributed by atoms with E-state index in [9.17, 15) is 10.2 Å². The number of aliphatic hydroxyl groups excluding tert-OH is 2. The van der Waals surface area contributed by atoms with Crippen LogP contribution in [0.4, 0.5) is 0 Å². The topological polar surface area (TPSA) is 61.5 Å². The summed E-state index contributed by atoms with van der Waals surface area (Å²) >= 11 is 0. The molecule has 2 unspecified atom stereocenters. The largest absolute Gasteiger partial charge is 0.389 e. The van der Waals surface area contributed by atoms with Crippen LogP contribution in [-0.4, -0.2) is 50.0 Å². The van der Waals surface area contributed by atoms with Crippen LogP contribution in [0.5, 0.6) is 0 Å². The highest BCUT2D eigenvalue weighted by Crippen LogP contribution is 2.15. The van der Waals surface area contributed by atoms with Gasteiger partial charge in [0.25, 0.3) is 0 Å². The molecule has 0 bridgehead atoms. The SMILES string of the molecule is OC1CN(Cc2ccc(-n3ccnc3)cc2)CC1O. The van der Waals surface area contributed by atoms with Crippen LogP contribution >= 0.6 is 0 Å². The maximum Gasteiger partial charge on any atom is 0.0991 e. The van der Waals surface area contributed by atoms with Crippen molar-refractivity contribution >= 4 is 0 Å². The Morgan fingerprint density at radius 1 is 1.11 bits per heavy atom. The smallest absolute Gasteiger partial charge is 0.0991 e. The molecule has 2 N–H and O–H groups in total. The van der Waals surface area contributed by atoms with Crippen molar-refractivity contribution in [2.75, 3.05) is 13.1 Å². The maximum absolute atomic E-state index is 9.51. The van der Waals surface area contributed by atoms with Gasteiger partial charge in [-0.25, -0.2) is 4.98 Å². The van der Waals surface area contributed by atoms with Gasteiger partial charge < -0.3 is 14.8 Å². The summed E-state index contributed by atoms with van der Waals surface area (Å²) in [6, 6.07) is 8.21. The fourth-order valence-corrected chi connectivity index (χ4v) is 2.42. The van der Waals surface area contributed by atoms with E-state index < -0.39 is 12.2 Å². The first kappa shape index (κ1) is 12.3. The molecular formula is C14H17N3O2. The number of aliphatic hydroxyl groups is 2. The van der Waals surface area contributed by atoms with Crippen LogP contribution in [0.25, 0.3) is 5.69 Å². The van der Waals surface area contributed by atoms with Crippen molar-refractivity contribution < 1.29 is 10.2 Å².